The summed E-state index contributed by atoms with van der Waals surface area (Å²) >= 11 is 0. The highest BCUT2D eigenvalue weighted by atomic mass is 19.3. The number of halogens is 4. The molecule has 3 N–H and O–H groups in total. The molecular weight excluding hydrogens is 442 g/mol. The van der Waals surface area contributed by atoms with E-state index in [2.05, 4.69) is 26.0 Å². The zero-order chi connectivity index (χ0) is 23.5. The molecule has 1 saturated carbocycles. The van der Waals surface area contributed by atoms with Gasteiger partial charge in [-0.05, 0) is 37.8 Å². The first-order valence-corrected chi connectivity index (χ1v) is 10.7. The number of carbonyl (C=O) groups is 1. The van der Waals surface area contributed by atoms with Gasteiger partial charge in [0, 0.05) is 31.5 Å². The number of anilines is 2. The highest BCUT2D eigenvalue weighted by Gasteiger charge is 2.25. The number of imidazole rings is 1. The summed E-state index contributed by atoms with van der Waals surface area (Å²) in [5.74, 6) is 0.450. The zero-order valence-corrected chi connectivity index (χ0v) is 17.9. The number of hydrogen-bond acceptors (Lipinski definition) is 5. The Morgan fingerprint density at radius 1 is 1.12 bits per heavy atom. The van der Waals surface area contributed by atoms with Crippen LogP contribution in [0, 0.1) is 0 Å². The van der Waals surface area contributed by atoms with E-state index in [9.17, 15) is 22.4 Å². The quantitative estimate of drug-likeness (QED) is 0.438. The Bertz CT molecular complexity index is 1110. The van der Waals surface area contributed by atoms with E-state index in [-0.39, 0.29) is 35.1 Å². The van der Waals surface area contributed by atoms with Crippen molar-refractivity contribution in [3.8, 4) is 0 Å². The first kappa shape index (κ1) is 22.9. The van der Waals surface area contributed by atoms with E-state index in [1.807, 2.05) is 6.07 Å². The lowest BCUT2D eigenvalue weighted by Gasteiger charge is -2.30. The molecule has 12 heteroatoms. The van der Waals surface area contributed by atoms with Crippen LogP contribution in [0.2, 0.25) is 0 Å². The number of pyridine rings is 1. The molecule has 1 fully saturated rings. The standard InChI is InChI=1S/C21H25F4N7O/c1-31-10-14(20(30-31)26-9-16(22)23)21(33)28-13-7-5-12(6-8-13)27-17-3-2-4-18-29-15(19(24)25)11-32(17)18/h2-4,10-13,16,19,27H,5-9H2,1H3,(H,26,30)(H,28,33)/t12-,13+. The molecule has 33 heavy (non-hydrogen) atoms. The van der Waals surface area contributed by atoms with Crippen LogP contribution >= 0.6 is 0 Å². The van der Waals surface area contributed by atoms with Crippen molar-refractivity contribution in [1.82, 2.24) is 24.5 Å². The van der Waals surface area contributed by atoms with Crippen LogP contribution < -0.4 is 16.0 Å². The minimum atomic E-state index is -2.64. The number of hydrogen-bond donors (Lipinski definition) is 3. The highest BCUT2D eigenvalue weighted by molar-refractivity contribution is 5.98. The van der Waals surface area contributed by atoms with Crippen LogP contribution in [0.15, 0.2) is 30.6 Å². The van der Waals surface area contributed by atoms with Crippen molar-refractivity contribution >= 4 is 23.2 Å². The normalized spacial score (nSPS) is 18.8. The number of nitrogens with zero attached hydrogens (tertiary/aromatic N) is 4. The van der Waals surface area contributed by atoms with Gasteiger partial charge in [0.25, 0.3) is 18.8 Å². The summed E-state index contributed by atoms with van der Waals surface area (Å²) in [6.07, 6.45) is 0.598. The Morgan fingerprint density at radius 3 is 2.55 bits per heavy atom. The monoisotopic (exact) mass is 467 g/mol. The molecule has 0 unspecified atom stereocenters. The molecular formula is C21H25F4N7O. The Hall–Kier alpha value is -3.31. The third kappa shape index (κ3) is 5.37. The fraction of sp³-hybridized carbons (Fsp3) is 0.476. The van der Waals surface area contributed by atoms with Crippen molar-refractivity contribution in [3.63, 3.8) is 0 Å². The van der Waals surface area contributed by atoms with Gasteiger partial charge in [-0.1, -0.05) is 6.07 Å². The van der Waals surface area contributed by atoms with Gasteiger partial charge >= 0.3 is 0 Å². The van der Waals surface area contributed by atoms with Crippen molar-refractivity contribution in [2.24, 2.45) is 7.05 Å². The minimum Gasteiger partial charge on any atom is -0.368 e. The molecule has 3 aromatic heterocycles. The predicted octanol–water partition coefficient (Wildman–Crippen LogP) is 3.84. The fourth-order valence-electron chi connectivity index (χ4n) is 4.07. The Balaban J connectivity index is 1.34. The molecule has 1 aliphatic rings. The van der Waals surface area contributed by atoms with Gasteiger partial charge in [-0.25, -0.2) is 22.5 Å². The summed E-state index contributed by atoms with van der Waals surface area (Å²) in [5.41, 5.74) is 0.400. The maximum absolute atomic E-state index is 13.0. The maximum atomic E-state index is 13.0. The summed E-state index contributed by atoms with van der Waals surface area (Å²) in [6.45, 7) is -0.587. The van der Waals surface area contributed by atoms with Crippen molar-refractivity contribution in [3.05, 3.63) is 41.9 Å². The van der Waals surface area contributed by atoms with Crippen LogP contribution in [-0.2, 0) is 7.05 Å². The average molecular weight is 467 g/mol. The molecule has 4 rings (SSSR count). The van der Waals surface area contributed by atoms with Gasteiger partial charge in [-0.15, -0.1) is 0 Å². The van der Waals surface area contributed by atoms with E-state index >= 15 is 0 Å². The number of alkyl halides is 4. The number of aryl methyl sites for hydroxylation is 1. The van der Waals surface area contributed by atoms with E-state index < -0.39 is 19.4 Å². The van der Waals surface area contributed by atoms with E-state index in [1.165, 1.54) is 17.1 Å². The minimum absolute atomic E-state index is 0.0619. The van der Waals surface area contributed by atoms with Gasteiger partial charge < -0.3 is 16.0 Å². The van der Waals surface area contributed by atoms with Gasteiger partial charge in [-0.2, -0.15) is 5.10 Å². The molecule has 8 nitrogen and oxygen atoms in total. The highest BCUT2D eigenvalue weighted by Crippen LogP contribution is 2.25. The molecule has 3 heterocycles. The second-order valence-corrected chi connectivity index (χ2v) is 8.11. The van der Waals surface area contributed by atoms with Crippen LogP contribution in [0.25, 0.3) is 5.65 Å². The summed E-state index contributed by atoms with van der Waals surface area (Å²) in [4.78, 5) is 16.6. The molecule has 0 saturated heterocycles. The van der Waals surface area contributed by atoms with Crippen molar-refractivity contribution < 1.29 is 22.4 Å². The number of amides is 1. The third-order valence-electron chi connectivity index (χ3n) is 5.65. The molecule has 0 aromatic carbocycles. The summed E-state index contributed by atoms with van der Waals surface area (Å²) in [7, 11) is 1.62. The van der Waals surface area contributed by atoms with Crippen molar-refractivity contribution in [2.75, 3.05) is 17.2 Å². The van der Waals surface area contributed by atoms with Crippen molar-refractivity contribution in [1.29, 1.82) is 0 Å². The van der Waals surface area contributed by atoms with Crippen LogP contribution in [0.4, 0.5) is 29.2 Å². The first-order valence-electron chi connectivity index (χ1n) is 10.7. The molecule has 0 bridgehead atoms. The van der Waals surface area contributed by atoms with Crippen LogP contribution in [-0.4, -0.2) is 50.1 Å². The lowest BCUT2D eigenvalue weighted by molar-refractivity contribution is 0.0926. The van der Waals surface area contributed by atoms with E-state index in [0.29, 0.717) is 24.3 Å². The summed E-state index contributed by atoms with van der Waals surface area (Å²) < 4.78 is 54.0. The van der Waals surface area contributed by atoms with Crippen molar-refractivity contribution in [2.45, 2.75) is 50.6 Å². The molecule has 0 spiro atoms. The smallest absolute Gasteiger partial charge is 0.281 e. The Morgan fingerprint density at radius 2 is 1.85 bits per heavy atom. The summed E-state index contributed by atoms with van der Waals surface area (Å²) in [5, 5.41) is 12.9. The van der Waals surface area contributed by atoms with E-state index in [4.69, 9.17) is 0 Å². The zero-order valence-electron chi connectivity index (χ0n) is 17.9. The SMILES string of the molecule is Cn1cc(C(=O)N[C@H]2CC[C@@H](Nc3cccc4nc(C(F)F)cn34)CC2)c(NCC(F)F)n1. The van der Waals surface area contributed by atoms with Crippen LogP contribution in [0.5, 0.6) is 0 Å². The first-order chi connectivity index (χ1) is 15.8. The van der Waals surface area contributed by atoms with Crippen LogP contribution in [0.1, 0.15) is 48.2 Å². The molecule has 1 aliphatic carbocycles. The largest absolute Gasteiger partial charge is 0.368 e. The number of rotatable bonds is 8. The molecule has 1 amide bonds. The fourth-order valence-corrected chi connectivity index (χ4v) is 4.07. The molecule has 3 aromatic rings. The molecule has 0 radical (unpaired) electrons. The second-order valence-electron chi connectivity index (χ2n) is 8.11. The maximum Gasteiger partial charge on any atom is 0.281 e. The number of carbonyl (C=O) groups excluding carboxylic acids is 1. The number of fused-ring (bicyclic) bond motifs is 1. The predicted molar refractivity (Wildman–Crippen MR) is 115 cm³/mol. The number of nitrogens with one attached hydrogen (secondary N) is 3. The lowest BCUT2D eigenvalue weighted by atomic mass is 9.91. The van der Waals surface area contributed by atoms with E-state index in [1.54, 1.807) is 23.6 Å². The van der Waals surface area contributed by atoms with Gasteiger partial charge in [0.2, 0.25) is 0 Å². The van der Waals surface area contributed by atoms with Gasteiger partial charge in [0.1, 0.15) is 22.7 Å². The molecule has 0 atom stereocenters. The van der Waals surface area contributed by atoms with Gasteiger partial charge in [-0.3, -0.25) is 13.9 Å². The Kier molecular flexibility index (Phi) is 6.70. The molecule has 178 valence electrons. The third-order valence-corrected chi connectivity index (χ3v) is 5.65. The molecule has 0 aliphatic heterocycles. The second kappa shape index (κ2) is 9.67. The van der Waals surface area contributed by atoms with E-state index in [0.717, 1.165) is 12.8 Å². The topological polar surface area (TPSA) is 88.3 Å². The van der Waals surface area contributed by atoms with Gasteiger partial charge in [0.15, 0.2) is 5.82 Å². The Labute approximate surface area is 187 Å². The number of aromatic nitrogens is 4. The summed E-state index contributed by atoms with van der Waals surface area (Å²) in [6, 6.07) is 5.30. The van der Waals surface area contributed by atoms with Crippen LogP contribution in [0.3, 0.4) is 0 Å². The average Bonchev–Trinajstić information content (AvgIpc) is 3.38. The lowest BCUT2D eigenvalue weighted by Crippen LogP contribution is -2.40. The van der Waals surface area contributed by atoms with Gasteiger partial charge in [0.05, 0.1) is 6.54 Å².